The van der Waals surface area contributed by atoms with Crippen molar-refractivity contribution >= 4 is 11.9 Å². The molecule has 7 aliphatic rings. The number of carbonyl (C=O) groups is 2. The van der Waals surface area contributed by atoms with Crippen molar-refractivity contribution in [2.45, 2.75) is 174 Å². The molecule has 6 fully saturated rings. The molecule has 2 saturated heterocycles. The van der Waals surface area contributed by atoms with Gasteiger partial charge in [-0.05, 0) is 111 Å². The highest BCUT2D eigenvalue weighted by molar-refractivity contribution is 5.85. The van der Waals surface area contributed by atoms with Crippen molar-refractivity contribution in [2.24, 2.45) is 56.7 Å². The number of hydrogen-bond acceptors (Lipinski definition) is 13. The molecule has 20 atom stereocenters. The van der Waals surface area contributed by atoms with Gasteiger partial charge >= 0.3 is 11.9 Å². The van der Waals surface area contributed by atoms with Crippen LogP contribution in [0.25, 0.3) is 0 Å². The van der Waals surface area contributed by atoms with E-state index in [-0.39, 0.29) is 48.0 Å². The first-order chi connectivity index (χ1) is 26.1. The highest BCUT2D eigenvalue weighted by atomic mass is 16.7. The van der Waals surface area contributed by atoms with Crippen LogP contribution < -0.4 is 0 Å². The number of aliphatic carboxylic acids is 1. The number of carbonyl (C=O) groups excluding carboxylic acids is 1. The summed E-state index contributed by atoms with van der Waals surface area (Å²) in [5.41, 5.74) is -2.93. The van der Waals surface area contributed by atoms with Crippen molar-refractivity contribution in [2.75, 3.05) is 6.61 Å². The van der Waals surface area contributed by atoms with Crippen molar-refractivity contribution in [1.29, 1.82) is 0 Å². The second kappa shape index (κ2) is 14.5. The van der Waals surface area contributed by atoms with E-state index >= 15 is 0 Å². The van der Waals surface area contributed by atoms with Gasteiger partial charge in [0.2, 0.25) is 6.29 Å². The van der Waals surface area contributed by atoms with Gasteiger partial charge in [-0.2, -0.15) is 0 Å². The lowest BCUT2D eigenvalue weighted by molar-refractivity contribution is -0.324. The first-order valence-electron chi connectivity index (χ1n) is 20.9. The first-order valence-corrected chi connectivity index (χ1v) is 20.9. The Balaban J connectivity index is 1.21. The molecule has 0 amide bonds. The van der Waals surface area contributed by atoms with Crippen LogP contribution in [0.1, 0.15) is 106 Å². The highest BCUT2D eigenvalue weighted by Crippen LogP contribution is 2.76. The summed E-state index contributed by atoms with van der Waals surface area (Å²) >= 11 is 0. The molecular formula is C42H66O14. The fourth-order valence-electron chi connectivity index (χ4n) is 13.9. The minimum Gasteiger partial charge on any atom is -0.481 e. The molecule has 0 bridgehead atoms. The van der Waals surface area contributed by atoms with Gasteiger partial charge in [0.05, 0.1) is 29.6 Å². The lowest BCUT2D eigenvalue weighted by Crippen LogP contribution is -2.68. The topological polar surface area (TPSA) is 233 Å². The number of fused-ring (bicyclic) bond motifs is 7. The lowest BCUT2D eigenvalue weighted by atomic mass is 9.33. The molecule has 2 aliphatic heterocycles. The average Bonchev–Trinajstić information content (AvgIpc) is 3.14. The number of carboxylic acid groups (broad SMARTS) is 1. The molecule has 0 aromatic carbocycles. The van der Waals surface area contributed by atoms with E-state index in [9.17, 15) is 50.4 Å². The minimum absolute atomic E-state index is 0.00720. The van der Waals surface area contributed by atoms with Crippen LogP contribution in [0.15, 0.2) is 11.6 Å². The number of esters is 1. The van der Waals surface area contributed by atoms with Crippen molar-refractivity contribution in [3.63, 3.8) is 0 Å². The Bertz CT molecular complexity index is 1550. The van der Waals surface area contributed by atoms with Crippen LogP contribution >= 0.6 is 0 Å². The Morgan fingerprint density at radius 1 is 0.768 bits per heavy atom. The number of ether oxygens (including phenoxy) is 4. The molecule has 4 saturated carbocycles. The molecule has 0 aromatic heterocycles. The zero-order valence-corrected chi connectivity index (χ0v) is 33.9. The third-order valence-electron chi connectivity index (χ3n) is 17.3. The Morgan fingerprint density at radius 3 is 2.09 bits per heavy atom. The van der Waals surface area contributed by atoms with Gasteiger partial charge in [0.1, 0.15) is 42.7 Å². The fourth-order valence-corrected chi connectivity index (χ4v) is 13.9. The largest absolute Gasteiger partial charge is 0.481 e. The van der Waals surface area contributed by atoms with E-state index in [0.717, 1.165) is 18.4 Å². The summed E-state index contributed by atoms with van der Waals surface area (Å²) in [6.45, 7) is 14.0. The Labute approximate surface area is 329 Å². The molecule has 0 unspecified atom stereocenters. The predicted octanol–water partition coefficient (Wildman–Crippen LogP) is 2.26. The highest BCUT2D eigenvalue weighted by Gasteiger charge is 2.74. The molecule has 5 aliphatic carbocycles. The maximum absolute atomic E-state index is 14.6. The van der Waals surface area contributed by atoms with Crippen LogP contribution in [-0.4, -0.2) is 127 Å². The van der Waals surface area contributed by atoms with E-state index in [1.54, 1.807) is 6.92 Å². The minimum atomic E-state index is -1.74. The molecule has 8 N–H and O–H groups in total. The SMILES string of the molecule is C[C@@H]1[C@H](C)CC[C@@]2(C(=O)O[C@H]3O[C@@H](CO)[C@H](O)[C@@H](O)[C@@H]3O)CC[C@@]3(C(=O)O)C(=CC[C@@H]4[C@]5(C)CC[C@H](O[C@@H]6O[C@H](C)[C@H](O)[C@@H](O)[C@@H]6O)C(C)(C)[C@@H]5CC[C@@]43C)[C@H]12. The quantitative estimate of drug-likeness (QED) is 0.110. The molecule has 0 radical (unpaired) electrons. The molecule has 2 heterocycles. The summed E-state index contributed by atoms with van der Waals surface area (Å²) in [6.07, 6.45) is -6.91. The van der Waals surface area contributed by atoms with Crippen molar-refractivity contribution in [3.8, 4) is 0 Å². The van der Waals surface area contributed by atoms with Gasteiger partial charge in [-0.15, -0.1) is 0 Å². The van der Waals surface area contributed by atoms with Crippen LogP contribution in [0, 0.1) is 56.7 Å². The van der Waals surface area contributed by atoms with Crippen LogP contribution in [0.5, 0.6) is 0 Å². The molecular weight excluding hydrogens is 728 g/mol. The summed E-state index contributed by atoms with van der Waals surface area (Å²) in [5.74, 6) is -1.73. The van der Waals surface area contributed by atoms with Gasteiger partial charge in [-0.25, -0.2) is 0 Å². The van der Waals surface area contributed by atoms with Crippen LogP contribution in [0.3, 0.4) is 0 Å². The number of aliphatic hydroxyl groups is 7. The van der Waals surface area contributed by atoms with Gasteiger partial charge in [-0.3, -0.25) is 9.59 Å². The van der Waals surface area contributed by atoms with Gasteiger partial charge in [0.25, 0.3) is 0 Å². The standard InChI is InChI=1S/C42H66O14/c1-19-10-15-41(37(52)56-35-33(49)31(47)29(45)23(18-43)54-35)16-17-42(36(50)51)22(27(41)20(19)2)8-9-25-39(6)13-12-26(38(4,5)24(39)11-14-40(25,42)7)55-34-32(48)30(46)28(44)21(3)53-34/h8,19-21,23-35,43-49H,9-18H2,1-7H3,(H,50,51)/t19-,20-,21-,23+,24+,25-,26+,27+,28+,29+,30-,31-,32+,33+,34+,35-,39-,40+,41-,42+/m1/s1. The van der Waals surface area contributed by atoms with Crippen LogP contribution in [0.4, 0.5) is 0 Å². The van der Waals surface area contributed by atoms with Crippen LogP contribution in [0.2, 0.25) is 0 Å². The lowest BCUT2D eigenvalue weighted by Gasteiger charge is -2.70. The number of aliphatic hydroxyl groups excluding tert-OH is 7. The molecule has 318 valence electrons. The number of hydrogen-bond donors (Lipinski definition) is 8. The molecule has 7 rings (SSSR count). The van der Waals surface area contributed by atoms with Crippen molar-refractivity contribution < 1.29 is 69.4 Å². The molecule has 14 heteroatoms. The van der Waals surface area contributed by atoms with E-state index in [2.05, 4.69) is 47.6 Å². The average molecular weight is 795 g/mol. The number of allylic oxidation sites excluding steroid dienone is 1. The van der Waals surface area contributed by atoms with Crippen LogP contribution in [-0.2, 0) is 28.5 Å². The van der Waals surface area contributed by atoms with E-state index in [4.69, 9.17) is 18.9 Å². The van der Waals surface area contributed by atoms with Gasteiger partial charge in [0, 0.05) is 0 Å². The second-order valence-electron chi connectivity index (χ2n) is 20.0. The molecule has 0 spiro atoms. The normalized spacial score (nSPS) is 54.0. The number of carboxylic acids is 1. The Morgan fingerprint density at radius 2 is 1.43 bits per heavy atom. The zero-order valence-electron chi connectivity index (χ0n) is 33.9. The Kier molecular flexibility index (Phi) is 11.0. The van der Waals surface area contributed by atoms with Crippen molar-refractivity contribution in [3.05, 3.63) is 11.6 Å². The summed E-state index contributed by atoms with van der Waals surface area (Å²) in [7, 11) is 0. The molecule has 56 heavy (non-hydrogen) atoms. The fraction of sp³-hybridized carbons (Fsp3) is 0.905. The second-order valence-corrected chi connectivity index (χ2v) is 20.0. The van der Waals surface area contributed by atoms with Gasteiger partial charge in [0.15, 0.2) is 6.29 Å². The van der Waals surface area contributed by atoms with E-state index in [0.29, 0.717) is 32.1 Å². The zero-order chi connectivity index (χ0) is 41.1. The smallest absolute Gasteiger partial charge is 0.315 e. The third kappa shape index (κ3) is 5.85. The van der Waals surface area contributed by atoms with Gasteiger partial charge in [-0.1, -0.05) is 53.2 Å². The summed E-state index contributed by atoms with van der Waals surface area (Å²) in [5, 5.41) is 84.5. The number of rotatable bonds is 6. The molecule has 14 nitrogen and oxygen atoms in total. The summed E-state index contributed by atoms with van der Waals surface area (Å²) in [4.78, 5) is 28.8. The molecule has 0 aromatic rings. The maximum atomic E-state index is 14.6. The van der Waals surface area contributed by atoms with E-state index in [1.165, 1.54) is 0 Å². The predicted molar refractivity (Wildman–Crippen MR) is 198 cm³/mol. The van der Waals surface area contributed by atoms with E-state index < -0.39 is 108 Å². The summed E-state index contributed by atoms with van der Waals surface area (Å²) in [6, 6.07) is 0. The summed E-state index contributed by atoms with van der Waals surface area (Å²) < 4.78 is 23.9. The van der Waals surface area contributed by atoms with E-state index in [1.807, 2.05) is 0 Å². The Hall–Kier alpha value is -1.72. The third-order valence-corrected chi connectivity index (χ3v) is 17.3. The first kappa shape index (κ1) is 42.4. The monoisotopic (exact) mass is 794 g/mol. The van der Waals surface area contributed by atoms with Gasteiger partial charge < -0.3 is 59.8 Å². The van der Waals surface area contributed by atoms with Crippen molar-refractivity contribution in [1.82, 2.24) is 0 Å². The maximum Gasteiger partial charge on any atom is 0.315 e.